The van der Waals surface area contributed by atoms with E-state index in [0.717, 1.165) is 35.0 Å². The Balaban J connectivity index is 1.73. The SMILES string of the molecule is COc1ccc(-c2ccn(CC3CCCCC3)n2)cc1C. The van der Waals surface area contributed by atoms with Crippen molar-refractivity contribution in [2.75, 3.05) is 7.11 Å². The van der Waals surface area contributed by atoms with Crippen molar-refractivity contribution in [3.05, 3.63) is 36.0 Å². The van der Waals surface area contributed by atoms with Crippen molar-refractivity contribution in [3.8, 4) is 17.0 Å². The molecule has 0 unspecified atom stereocenters. The molecule has 0 bridgehead atoms. The maximum Gasteiger partial charge on any atom is 0.121 e. The number of methoxy groups -OCH3 is 1. The fourth-order valence-corrected chi connectivity index (χ4v) is 3.29. The number of aromatic nitrogens is 2. The molecule has 0 amide bonds. The number of nitrogens with zero attached hydrogens (tertiary/aromatic N) is 2. The van der Waals surface area contributed by atoms with E-state index in [1.54, 1.807) is 7.11 Å². The van der Waals surface area contributed by atoms with Crippen LogP contribution in [-0.4, -0.2) is 16.9 Å². The lowest BCUT2D eigenvalue weighted by molar-refractivity contribution is 0.308. The van der Waals surface area contributed by atoms with Crippen molar-refractivity contribution in [1.29, 1.82) is 0 Å². The molecule has 0 radical (unpaired) electrons. The lowest BCUT2D eigenvalue weighted by Gasteiger charge is -2.21. The number of benzene rings is 1. The first-order chi connectivity index (χ1) is 10.3. The summed E-state index contributed by atoms with van der Waals surface area (Å²) in [6, 6.07) is 8.36. The molecule has 21 heavy (non-hydrogen) atoms. The van der Waals surface area contributed by atoms with Gasteiger partial charge in [-0.3, -0.25) is 4.68 Å². The van der Waals surface area contributed by atoms with E-state index in [1.807, 2.05) is 6.07 Å². The van der Waals surface area contributed by atoms with Crippen LogP contribution in [0.1, 0.15) is 37.7 Å². The van der Waals surface area contributed by atoms with E-state index >= 15 is 0 Å². The van der Waals surface area contributed by atoms with Gasteiger partial charge >= 0.3 is 0 Å². The molecule has 0 N–H and O–H groups in total. The third-order valence-electron chi connectivity index (χ3n) is 4.50. The second-order valence-corrected chi connectivity index (χ2v) is 6.11. The number of hydrogen-bond donors (Lipinski definition) is 0. The van der Waals surface area contributed by atoms with Crippen molar-refractivity contribution in [1.82, 2.24) is 9.78 Å². The molecule has 1 aliphatic carbocycles. The van der Waals surface area contributed by atoms with Gasteiger partial charge < -0.3 is 4.74 Å². The van der Waals surface area contributed by atoms with E-state index in [1.165, 1.54) is 32.1 Å². The molecule has 0 atom stereocenters. The zero-order valence-electron chi connectivity index (χ0n) is 13.0. The average molecular weight is 284 g/mol. The largest absolute Gasteiger partial charge is 0.496 e. The highest BCUT2D eigenvalue weighted by Gasteiger charge is 2.14. The summed E-state index contributed by atoms with van der Waals surface area (Å²) in [6.07, 6.45) is 9.01. The van der Waals surface area contributed by atoms with Gasteiger partial charge in [-0.15, -0.1) is 0 Å². The summed E-state index contributed by atoms with van der Waals surface area (Å²) >= 11 is 0. The molecule has 0 spiro atoms. The fourth-order valence-electron chi connectivity index (χ4n) is 3.29. The minimum atomic E-state index is 0.809. The van der Waals surface area contributed by atoms with Crippen LogP contribution in [-0.2, 0) is 6.54 Å². The van der Waals surface area contributed by atoms with Gasteiger partial charge in [-0.05, 0) is 55.5 Å². The Morgan fingerprint density at radius 3 is 2.71 bits per heavy atom. The maximum absolute atomic E-state index is 5.32. The molecule has 3 nitrogen and oxygen atoms in total. The quantitative estimate of drug-likeness (QED) is 0.829. The van der Waals surface area contributed by atoms with Crippen molar-refractivity contribution in [2.45, 2.75) is 45.6 Å². The van der Waals surface area contributed by atoms with E-state index in [2.05, 4.69) is 36.0 Å². The Labute approximate surface area is 126 Å². The van der Waals surface area contributed by atoms with E-state index in [4.69, 9.17) is 9.84 Å². The summed E-state index contributed by atoms with van der Waals surface area (Å²) in [5, 5.41) is 4.75. The fraction of sp³-hybridized carbons (Fsp3) is 0.500. The van der Waals surface area contributed by atoms with Gasteiger partial charge in [0.2, 0.25) is 0 Å². The summed E-state index contributed by atoms with van der Waals surface area (Å²) in [6.45, 7) is 3.14. The Kier molecular flexibility index (Phi) is 4.28. The van der Waals surface area contributed by atoms with Crippen LogP contribution in [0.2, 0.25) is 0 Å². The first-order valence-electron chi connectivity index (χ1n) is 7.95. The monoisotopic (exact) mass is 284 g/mol. The molecule has 112 valence electrons. The zero-order valence-corrected chi connectivity index (χ0v) is 13.0. The van der Waals surface area contributed by atoms with Crippen molar-refractivity contribution >= 4 is 0 Å². The first kappa shape index (κ1) is 14.2. The summed E-state index contributed by atoms with van der Waals surface area (Å²) in [5.74, 6) is 1.74. The van der Waals surface area contributed by atoms with Gasteiger partial charge in [-0.2, -0.15) is 5.10 Å². The van der Waals surface area contributed by atoms with Crippen molar-refractivity contribution < 1.29 is 4.74 Å². The van der Waals surface area contributed by atoms with Gasteiger partial charge in [0.1, 0.15) is 5.75 Å². The Morgan fingerprint density at radius 2 is 2.00 bits per heavy atom. The minimum Gasteiger partial charge on any atom is -0.496 e. The summed E-state index contributed by atoms with van der Waals surface area (Å²) < 4.78 is 7.43. The van der Waals surface area contributed by atoms with Gasteiger partial charge in [0.15, 0.2) is 0 Å². The normalized spacial score (nSPS) is 16.1. The van der Waals surface area contributed by atoms with Gasteiger partial charge in [-0.25, -0.2) is 0 Å². The van der Waals surface area contributed by atoms with Crippen LogP contribution in [0.4, 0.5) is 0 Å². The van der Waals surface area contributed by atoms with Crippen molar-refractivity contribution in [2.24, 2.45) is 5.92 Å². The second-order valence-electron chi connectivity index (χ2n) is 6.11. The van der Waals surface area contributed by atoms with E-state index in [-0.39, 0.29) is 0 Å². The molecule has 1 saturated carbocycles. The molecule has 1 aliphatic rings. The molecule has 2 aromatic rings. The third-order valence-corrected chi connectivity index (χ3v) is 4.50. The molecule has 0 aliphatic heterocycles. The highest BCUT2D eigenvalue weighted by atomic mass is 16.5. The van der Waals surface area contributed by atoms with E-state index in [0.29, 0.717) is 0 Å². The van der Waals surface area contributed by atoms with Gasteiger partial charge in [-0.1, -0.05) is 19.3 Å². The van der Waals surface area contributed by atoms with Gasteiger partial charge in [0.05, 0.1) is 12.8 Å². The first-order valence-corrected chi connectivity index (χ1v) is 7.95. The van der Waals surface area contributed by atoms with Gasteiger partial charge in [0.25, 0.3) is 0 Å². The smallest absolute Gasteiger partial charge is 0.121 e. The maximum atomic E-state index is 5.32. The standard InChI is InChI=1S/C18H24N2O/c1-14-12-16(8-9-18(14)21-2)17-10-11-20(19-17)13-15-6-4-3-5-7-15/h8-12,15H,3-7,13H2,1-2H3. The van der Waals surface area contributed by atoms with E-state index < -0.39 is 0 Å². The van der Waals surface area contributed by atoms with Crippen LogP contribution in [0.3, 0.4) is 0 Å². The van der Waals surface area contributed by atoms with Crippen LogP contribution in [0.15, 0.2) is 30.5 Å². The summed E-state index contributed by atoms with van der Waals surface area (Å²) in [4.78, 5) is 0. The predicted octanol–water partition coefficient (Wildman–Crippen LogP) is 4.45. The molecular formula is C18H24N2O. The molecule has 3 heteroatoms. The van der Waals surface area contributed by atoms with E-state index in [9.17, 15) is 0 Å². The number of hydrogen-bond acceptors (Lipinski definition) is 2. The Morgan fingerprint density at radius 1 is 1.19 bits per heavy atom. The average Bonchev–Trinajstić information content (AvgIpc) is 2.97. The lowest BCUT2D eigenvalue weighted by atomic mass is 9.89. The number of aryl methyl sites for hydroxylation is 1. The minimum absolute atomic E-state index is 0.809. The zero-order chi connectivity index (χ0) is 14.7. The molecule has 1 heterocycles. The highest BCUT2D eigenvalue weighted by molar-refractivity contribution is 5.61. The summed E-state index contributed by atoms with van der Waals surface area (Å²) in [7, 11) is 1.71. The van der Waals surface area contributed by atoms with Crippen LogP contribution < -0.4 is 4.74 Å². The Bertz CT molecular complexity index is 597. The predicted molar refractivity (Wildman–Crippen MR) is 85.5 cm³/mol. The highest BCUT2D eigenvalue weighted by Crippen LogP contribution is 2.27. The number of rotatable bonds is 4. The van der Waals surface area contributed by atoms with Gasteiger partial charge in [0, 0.05) is 18.3 Å². The summed E-state index contributed by atoms with van der Waals surface area (Å²) in [5.41, 5.74) is 3.36. The van der Waals surface area contributed by atoms with Crippen LogP contribution in [0.5, 0.6) is 5.75 Å². The lowest BCUT2D eigenvalue weighted by Crippen LogP contribution is -2.14. The van der Waals surface area contributed by atoms with Crippen molar-refractivity contribution in [3.63, 3.8) is 0 Å². The molecular weight excluding hydrogens is 260 g/mol. The Hall–Kier alpha value is -1.77. The molecule has 0 saturated heterocycles. The third kappa shape index (κ3) is 3.29. The topological polar surface area (TPSA) is 27.1 Å². The molecule has 1 fully saturated rings. The molecule has 1 aromatic carbocycles. The van der Waals surface area contributed by atoms with Crippen LogP contribution in [0, 0.1) is 12.8 Å². The van der Waals surface area contributed by atoms with Crippen LogP contribution in [0.25, 0.3) is 11.3 Å². The second kappa shape index (κ2) is 6.33. The molecule has 1 aromatic heterocycles. The molecule has 3 rings (SSSR count). The number of ether oxygens (including phenoxy) is 1. The van der Waals surface area contributed by atoms with Crippen LogP contribution >= 0.6 is 0 Å².